The highest BCUT2D eigenvalue weighted by Gasteiger charge is 2.52. The van der Waals surface area contributed by atoms with Crippen LogP contribution in [0.4, 0.5) is 0 Å². The van der Waals surface area contributed by atoms with E-state index in [1.165, 1.54) is 10.4 Å². The molecule has 4 atom stereocenters. The summed E-state index contributed by atoms with van der Waals surface area (Å²) in [5, 5.41) is 2.28. The van der Waals surface area contributed by atoms with Crippen LogP contribution in [0.5, 0.6) is 0 Å². The molecular formula is C29H43NO4SSi. The Balaban J connectivity index is 1.99. The molecule has 0 saturated carbocycles. The lowest BCUT2D eigenvalue weighted by molar-refractivity contribution is -0.149. The molecule has 1 heterocycles. The zero-order valence-corrected chi connectivity index (χ0v) is 24.9. The van der Waals surface area contributed by atoms with E-state index in [2.05, 4.69) is 80.6 Å². The first kappa shape index (κ1) is 29.0. The number of hydrogen-bond acceptors (Lipinski definition) is 4. The summed E-state index contributed by atoms with van der Waals surface area (Å²) < 4.78 is 35.6. The Morgan fingerprint density at radius 3 is 1.92 bits per heavy atom. The van der Waals surface area contributed by atoms with Crippen molar-refractivity contribution in [1.29, 1.82) is 0 Å². The van der Waals surface area contributed by atoms with E-state index in [-0.39, 0.29) is 17.2 Å². The number of ether oxygens (including phenoxy) is 2. The van der Waals surface area contributed by atoms with Gasteiger partial charge in [0.2, 0.25) is 0 Å². The summed E-state index contributed by atoms with van der Waals surface area (Å²) in [5.41, 5.74) is 0. The number of benzene rings is 2. The minimum absolute atomic E-state index is 0.149. The molecule has 0 unspecified atom stereocenters. The summed E-state index contributed by atoms with van der Waals surface area (Å²) in [6, 6.07) is 20.8. The smallest absolute Gasteiger partial charge is 0.261 e. The maximum Gasteiger partial charge on any atom is 0.261 e. The lowest BCUT2D eigenvalue weighted by atomic mass is 10.1. The fourth-order valence-electron chi connectivity index (χ4n) is 4.81. The van der Waals surface area contributed by atoms with Crippen LogP contribution in [0.25, 0.3) is 0 Å². The molecule has 1 N–H and O–H groups in total. The molecule has 198 valence electrons. The van der Waals surface area contributed by atoms with Crippen LogP contribution in [0.2, 0.25) is 5.04 Å². The van der Waals surface area contributed by atoms with Crippen molar-refractivity contribution in [3.63, 3.8) is 0 Å². The van der Waals surface area contributed by atoms with Crippen LogP contribution in [-0.4, -0.2) is 47.9 Å². The third-order valence-electron chi connectivity index (χ3n) is 6.51. The van der Waals surface area contributed by atoms with Gasteiger partial charge in [-0.15, -0.1) is 6.58 Å². The Morgan fingerprint density at radius 2 is 1.50 bits per heavy atom. The van der Waals surface area contributed by atoms with Crippen LogP contribution >= 0.6 is 0 Å². The Labute approximate surface area is 221 Å². The maximum absolute atomic E-state index is 12.9. The molecule has 0 aromatic heterocycles. The van der Waals surface area contributed by atoms with E-state index in [0.717, 1.165) is 0 Å². The van der Waals surface area contributed by atoms with Gasteiger partial charge in [0.25, 0.3) is 8.32 Å². The molecular weight excluding hydrogens is 486 g/mol. The second kappa shape index (κ2) is 11.0. The summed E-state index contributed by atoms with van der Waals surface area (Å²) in [4.78, 5) is 0. The molecule has 0 radical (unpaired) electrons. The standard InChI is InChI=1S/C29H43NO4SSi/c1-10-24(30-35(31)27(2,3)4)26-25(33-29(8,9)34-26)21-32-36(28(5,6)7,22-17-13-11-14-18-22)23-19-15-12-16-20-23/h10-20,24-26,30H,1,21H2,2-9H3/t24-,25+,26+,35-/m1/s1. The molecule has 36 heavy (non-hydrogen) atoms. The fraction of sp³-hybridized carbons (Fsp3) is 0.517. The van der Waals surface area contributed by atoms with Gasteiger partial charge in [0.1, 0.15) is 12.2 Å². The van der Waals surface area contributed by atoms with Crippen LogP contribution in [0, 0.1) is 0 Å². The number of hydrogen-bond donors (Lipinski definition) is 1. The minimum Gasteiger partial charge on any atom is -0.405 e. The molecule has 2 aromatic rings. The van der Waals surface area contributed by atoms with Crippen LogP contribution in [0.15, 0.2) is 73.3 Å². The largest absolute Gasteiger partial charge is 0.405 e. The van der Waals surface area contributed by atoms with Gasteiger partial charge in [0, 0.05) is 0 Å². The molecule has 5 nitrogen and oxygen atoms in total. The van der Waals surface area contributed by atoms with Gasteiger partial charge in [-0.3, -0.25) is 0 Å². The van der Waals surface area contributed by atoms with Crippen molar-refractivity contribution in [2.24, 2.45) is 0 Å². The van der Waals surface area contributed by atoms with E-state index in [4.69, 9.17) is 13.9 Å². The molecule has 1 fully saturated rings. The molecule has 3 rings (SSSR count). The molecule has 2 aromatic carbocycles. The molecule has 1 aliphatic rings. The third-order valence-corrected chi connectivity index (χ3v) is 13.1. The van der Waals surface area contributed by atoms with Crippen molar-refractivity contribution in [2.45, 2.75) is 89.2 Å². The van der Waals surface area contributed by atoms with Gasteiger partial charge in [-0.1, -0.05) is 87.5 Å². The first-order valence-corrected chi connectivity index (χ1v) is 15.7. The van der Waals surface area contributed by atoms with Crippen molar-refractivity contribution in [3.05, 3.63) is 73.3 Å². The molecule has 0 amide bonds. The van der Waals surface area contributed by atoms with E-state index in [1.807, 2.05) is 46.8 Å². The van der Waals surface area contributed by atoms with E-state index in [0.29, 0.717) is 6.61 Å². The Morgan fingerprint density at radius 1 is 1.00 bits per heavy atom. The predicted octanol–water partition coefficient (Wildman–Crippen LogP) is 4.69. The monoisotopic (exact) mass is 529 g/mol. The Bertz CT molecular complexity index is 991. The van der Waals surface area contributed by atoms with Crippen molar-refractivity contribution < 1.29 is 18.1 Å². The van der Waals surface area contributed by atoms with Crippen LogP contribution < -0.4 is 15.1 Å². The van der Waals surface area contributed by atoms with Gasteiger partial charge in [0.05, 0.1) is 28.4 Å². The summed E-state index contributed by atoms with van der Waals surface area (Å²) in [6.07, 6.45) is 0.991. The predicted molar refractivity (Wildman–Crippen MR) is 152 cm³/mol. The molecule has 1 saturated heterocycles. The normalized spacial score (nSPS) is 22.2. The summed E-state index contributed by atoms with van der Waals surface area (Å²) in [6.45, 7) is 20.7. The van der Waals surface area contributed by atoms with Gasteiger partial charge in [-0.05, 0) is 50.0 Å². The number of rotatable bonds is 9. The van der Waals surface area contributed by atoms with E-state index in [1.54, 1.807) is 6.08 Å². The van der Waals surface area contributed by atoms with E-state index >= 15 is 0 Å². The van der Waals surface area contributed by atoms with E-state index < -0.39 is 35.9 Å². The molecule has 0 bridgehead atoms. The maximum atomic E-state index is 12.9. The summed E-state index contributed by atoms with van der Waals surface area (Å²) in [7, 11) is -4.03. The molecule has 7 heteroatoms. The molecule has 0 spiro atoms. The zero-order valence-electron chi connectivity index (χ0n) is 23.0. The topological polar surface area (TPSA) is 56.8 Å². The van der Waals surface area contributed by atoms with Gasteiger partial charge in [0.15, 0.2) is 5.79 Å². The quantitative estimate of drug-likeness (QED) is 0.378. The lowest BCUT2D eigenvalue weighted by Gasteiger charge is -2.43. The summed E-state index contributed by atoms with van der Waals surface area (Å²) >= 11 is 0. The third kappa shape index (κ3) is 6.26. The van der Waals surface area contributed by atoms with Crippen LogP contribution in [-0.2, 0) is 24.9 Å². The van der Waals surface area contributed by atoms with Crippen molar-refractivity contribution in [2.75, 3.05) is 6.61 Å². The zero-order chi connectivity index (χ0) is 26.8. The van der Waals surface area contributed by atoms with Crippen molar-refractivity contribution in [1.82, 2.24) is 4.72 Å². The SMILES string of the molecule is C=C[C@@H](N[S@](=O)C(C)(C)C)[C@@H]1OC(C)(C)O[C@H]1CO[Si](c1ccccc1)(c1ccccc1)C(C)(C)C. The van der Waals surface area contributed by atoms with Gasteiger partial charge in [-0.25, -0.2) is 8.93 Å². The van der Waals surface area contributed by atoms with Gasteiger partial charge in [-0.2, -0.15) is 0 Å². The summed E-state index contributed by atoms with van der Waals surface area (Å²) in [5.74, 6) is -0.795. The molecule has 0 aliphatic carbocycles. The van der Waals surface area contributed by atoms with Crippen LogP contribution in [0.3, 0.4) is 0 Å². The second-order valence-corrected chi connectivity index (χ2v) is 18.2. The Hall–Kier alpha value is -1.61. The average Bonchev–Trinajstić information content (AvgIpc) is 3.11. The minimum atomic E-state index is -2.74. The van der Waals surface area contributed by atoms with Crippen molar-refractivity contribution >= 4 is 29.7 Å². The van der Waals surface area contributed by atoms with E-state index in [9.17, 15) is 4.21 Å². The first-order chi connectivity index (χ1) is 16.7. The Kier molecular flexibility index (Phi) is 8.86. The first-order valence-electron chi connectivity index (χ1n) is 12.6. The fourth-order valence-corrected chi connectivity index (χ4v) is 10.2. The average molecular weight is 530 g/mol. The lowest BCUT2D eigenvalue weighted by Crippen LogP contribution is -2.67. The van der Waals surface area contributed by atoms with Gasteiger partial charge < -0.3 is 13.9 Å². The second-order valence-electron chi connectivity index (χ2n) is 11.9. The molecule has 1 aliphatic heterocycles. The van der Waals surface area contributed by atoms with Crippen molar-refractivity contribution in [3.8, 4) is 0 Å². The highest BCUT2D eigenvalue weighted by molar-refractivity contribution is 7.84. The highest BCUT2D eigenvalue weighted by atomic mass is 32.2. The van der Waals surface area contributed by atoms with Gasteiger partial charge >= 0.3 is 0 Å². The number of nitrogens with one attached hydrogen (secondary N) is 1. The highest BCUT2D eigenvalue weighted by Crippen LogP contribution is 2.38. The van der Waals surface area contributed by atoms with Crippen LogP contribution in [0.1, 0.15) is 55.4 Å².